The van der Waals surface area contributed by atoms with Gasteiger partial charge >= 0.3 is 0 Å². The maximum Gasteiger partial charge on any atom is 0.183 e. The van der Waals surface area contributed by atoms with Gasteiger partial charge < -0.3 is 9.47 Å². The molecule has 32 heavy (non-hydrogen) atoms. The molecule has 2 rings (SSSR count). The number of carbonyl (C=O) groups is 1. The van der Waals surface area contributed by atoms with Crippen LogP contribution in [-0.4, -0.2) is 32.2 Å². The van der Waals surface area contributed by atoms with Gasteiger partial charge in [-0.1, -0.05) is 82.4 Å². The fourth-order valence-electron chi connectivity index (χ4n) is 4.58. The van der Waals surface area contributed by atoms with Crippen molar-refractivity contribution in [2.24, 2.45) is 16.7 Å². The minimum Gasteiger partial charge on any atom is -0.377 e. The van der Waals surface area contributed by atoms with Gasteiger partial charge in [0, 0.05) is 20.1 Å². The summed E-state index contributed by atoms with van der Waals surface area (Å²) in [4.78, 5) is 13.0. The van der Waals surface area contributed by atoms with Gasteiger partial charge in [-0.15, -0.1) is 0 Å². The lowest BCUT2D eigenvalue weighted by atomic mass is 9.71. The number of hydrogen-bond donors (Lipinski definition) is 0. The predicted octanol–water partition coefficient (Wildman–Crippen LogP) is 6.94. The molecular weight excluding hydrogens is 396 g/mol. The van der Waals surface area contributed by atoms with Gasteiger partial charge in [-0.2, -0.15) is 0 Å². The Balaban J connectivity index is 2.06. The van der Waals surface area contributed by atoms with Crippen LogP contribution < -0.4 is 0 Å². The molecule has 3 heteroatoms. The van der Waals surface area contributed by atoms with E-state index in [1.165, 1.54) is 5.57 Å². The Bertz CT molecular complexity index is 846. The Morgan fingerprint density at radius 3 is 2.22 bits per heavy atom. The first-order valence-electron chi connectivity index (χ1n) is 11.7. The van der Waals surface area contributed by atoms with Gasteiger partial charge in [-0.25, -0.2) is 0 Å². The average Bonchev–Trinajstić information content (AvgIpc) is 2.80. The molecule has 0 saturated carbocycles. The average molecular weight is 439 g/mol. The summed E-state index contributed by atoms with van der Waals surface area (Å²) in [6, 6.07) is 0. The normalized spacial score (nSPS) is 24.6. The molecule has 0 heterocycles. The van der Waals surface area contributed by atoms with Crippen LogP contribution in [0.3, 0.4) is 0 Å². The van der Waals surface area contributed by atoms with Gasteiger partial charge in [0.05, 0.1) is 12.2 Å². The highest BCUT2D eigenvalue weighted by molar-refractivity contribution is 6.07. The molecule has 0 amide bonds. The van der Waals surface area contributed by atoms with Crippen LogP contribution in [0.15, 0.2) is 71.4 Å². The highest BCUT2D eigenvalue weighted by atomic mass is 16.5. The van der Waals surface area contributed by atoms with Gasteiger partial charge in [-0.3, -0.25) is 4.79 Å². The van der Waals surface area contributed by atoms with E-state index in [0.717, 1.165) is 30.4 Å². The molecule has 0 aromatic heterocycles. The van der Waals surface area contributed by atoms with Crippen LogP contribution >= 0.6 is 0 Å². The summed E-state index contributed by atoms with van der Waals surface area (Å²) in [5, 5.41) is 0. The van der Waals surface area contributed by atoms with Crippen LogP contribution in [0.5, 0.6) is 0 Å². The van der Waals surface area contributed by atoms with Crippen molar-refractivity contribution >= 4 is 5.78 Å². The third-order valence-corrected chi connectivity index (χ3v) is 7.00. The van der Waals surface area contributed by atoms with E-state index < -0.39 is 0 Å². The van der Waals surface area contributed by atoms with E-state index in [1.54, 1.807) is 14.2 Å². The highest BCUT2D eigenvalue weighted by Gasteiger charge is 2.33. The number of rotatable bonds is 10. The van der Waals surface area contributed by atoms with Gasteiger partial charge in [0.15, 0.2) is 5.78 Å². The number of allylic oxidation sites excluding steroid dienone is 8. The van der Waals surface area contributed by atoms with E-state index in [0.29, 0.717) is 0 Å². The molecule has 3 unspecified atom stereocenters. The van der Waals surface area contributed by atoms with Crippen molar-refractivity contribution in [1.29, 1.82) is 0 Å². The maximum atomic E-state index is 13.0. The molecule has 0 N–H and O–H groups in total. The SMILES string of the molecule is COC1CC=CC=C1C(C)(C)C/C=C(\C)C(=O)/C(C)=C/CC(C)(C)C1C=CC=CC1OC. The Morgan fingerprint density at radius 2 is 1.59 bits per heavy atom. The fourth-order valence-corrected chi connectivity index (χ4v) is 4.58. The molecule has 0 spiro atoms. The summed E-state index contributed by atoms with van der Waals surface area (Å²) < 4.78 is 11.3. The van der Waals surface area contributed by atoms with Crippen LogP contribution in [0.2, 0.25) is 0 Å². The predicted molar refractivity (Wildman–Crippen MR) is 135 cm³/mol. The third kappa shape index (κ3) is 6.52. The lowest BCUT2D eigenvalue weighted by Crippen LogP contribution is -2.33. The van der Waals surface area contributed by atoms with Crippen LogP contribution in [0.25, 0.3) is 0 Å². The van der Waals surface area contributed by atoms with Crippen LogP contribution in [0, 0.1) is 16.7 Å². The van der Waals surface area contributed by atoms with E-state index in [1.807, 2.05) is 19.9 Å². The molecule has 0 bridgehead atoms. The summed E-state index contributed by atoms with van der Waals surface area (Å²) in [5.41, 5.74) is 2.82. The molecule has 0 fully saturated rings. The van der Waals surface area contributed by atoms with E-state index in [9.17, 15) is 4.79 Å². The van der Waals surface area contributed by atoms with Crippen molar-refractivity contribution < 1.29 is 14.3 Å². The quantitative estimate of drug-likeness (QED) is 0.347. The number of carbonyl (C=O) groups excluding carboxylic acids is 1. The molecule has 3 atom stereocenters. The van der Waals surface area contributed by atoms with Gasteiger partial charge in [0.2, 0.25) is 0 Å². The van der Waals surface area contributed by atoms with E-state index in [4.69, 9.17) is 9.47 Å². The zero-order valence-electron chi connectivity index (χ0n) is 21.3. The van der Waals surface area contributed by atoms with Gasteiger partial charge in [-0.05, 0) is 60.7 Å². The summed E-state index contributed by atoms with van der Waals surface area (Å²) in [7, 11) is 3.52. The molecule has 0 radical (unpaired) electrons. The third-order valence-electron chi connectivity index (χ3n) is 7.00. The van der Waals surface area contributed by atoms with Crippen molar-refractivity contribution in [2.75, 3.05) is 14.2 Å². The molecule has 2 aliphatic rings. The lowest BCUT2D eigenvalue weighted by Gasteiger charge is -2.36. The standard InChI is InChI=1S/C29H42O3/c1-21(17-19-28(3,4)23-13-9-11-15-25(23)31-7)27(30)22(2)18-20-29(5,6)24-14-10-12-16-26(24)32-8/h9-15,17-18,23,25-26H,16,19-20H2,1-8H3/b21-17+,22-18+. The molecule has 0 aromatic rings. The second-order valence-corrected chi connectivity index (χ2v) is 10.4. The number of methoxy groups -OCH3 is 2. The van der Waals surface area contributed by atoms with Crippen molar-refractivity contribution in [1.82, 2.24) is 0 Å². The van der Waals surface area contributed by atoms with E-state index in [2.05, 4.69) is 76.3 Å². The van der Waals surface area contributed by atoms with Crippen LogP contribution in [0.4, 0.5) is 0 Å². The first-order valence-corrected chi connectivity index (χ1v) is 11.7. The minimum atomic E-state index is -0.0669. The summed E-state index contributed by atoms with van der Waals surface area (Å²) in [6.45, 7) is 12.8. The molecule has 3 nitrogen and oxygen atoms in total. The van der Waals surface area contributed by atoms with E-state index in [-0.39, 0.29) is 34.7 Å². The largest absolute Gasteiger partial charge is 0.377 e. The Hall–Kier alpha value is -1.97. The summed E-state index contributed by atoms with van der Waals surface area (Å²) >= 11 is 0. The molecule has 176 valence electrons. The zero-order chi connectivity index (χ0) is 23.9. The molecule has 2 aliphatic carbocycles. The smallest absolute Gasteiger partial charge is 0.183 e. The summed E-state index contributed by atoms with van der Waals surface area (Å²) in [6.07, 6.45) is 21.8. The number of hydrogen-bond acceptors (Lipinski definition) is 3. The summed E-state index contributed by atoms with van der Waals surface area (Å²) in [5.74, 6) is 0.403. The van der Waals surface area contributed by atoms with Crippen LogP contribution in [-0.2, 0) is 14.3 Å². The number of Topliss-reactive ketones (excluding diaryl/α,β-unsaturated/α-hetero) is 1. The highest BCUT2D eigenvalue weighted by Crippen LogP contribution is 2.39. The van der Waals surface area contributed by atoms with Crippen molar-refractivity contribution in [3.05, 3.63) is 71.4 Å². The molecular formula is C29H42O3. The zero-order valence-corrected chi connectivity index (χ0v) is 21.3. The van der Waals surface area contributed by atoms with Crippen molar-refractivity contribution in [3.63, 3.8) is 0 Å². The van der Waals surface area contributed by atoms with Gasteiger partial charge in [0.25, 0.3) is 0 Å². The molecule has 0 aliphatic heterocycles. The second kappa shape index (κ2) is 11.2. The Morgan fingerprint density at radius 1 is 0.969 bits per heavy atom. The van der Waals surface area contributed by atoms with E-state index >= 15 is 0 Å². The molecule has 0 saturated heterocycles. The fraction of sp³-hybridized carbons (Fsp3) is 0.552. The second-order valence-electron chi connectivity index (χ2n) is 10.4. The van der Waals surface area contributed by atoms with Gasteiger partial charge in [0.1, 0.15) is 0 Å². The lowest BCUT2D eigenvalue weighted by molar-refractivity contribution is -0.112. The first-order chi connectivity index (χ1) is 15.0. The number of ether oxygens (including phenoxy) is 2. The maximum absolute atomic E-state index is 13.0. The minimum absolute atomic E-state index is 0.0147. The van der Waals surface area contributed by atoms with Crippen molar-refractivity contribution in [2.45, 2.75) is 73.0 Å². The topological polar surface area (TPSA) is 35.5 Å². The monoisotopic (exact) mass is 438 g/mol. The van der Waals surface area contributed by atoms with Crippen LogP contribution in [0.1, 0.15) is 60.8 Å². The Kier molecular flexibility index (Phi) is 9.24. The first kappa shape index (κ1) is 26.3. The number of ketones is 1. The van der Waals surface area contributed by atoms with Crippen molar-refractivity contribution in [3.8, 4) is 0 Å². The Labute approximate surface area is 195 Å². The molecule has 0 aromatic carbocycles.